The Morgan fingerprint density at radius 2 is 1.79 bits per heavy atom. The van der Waals surface area contributed by atoms with Crippen molar-refractivity contribution in [2.24, 2.45) is 0 Å². The molecule has 2 rings (SSSR count). The largest absolute Gasteiger partial charge is 0.322 e. The van der Waals surface area contributed by atoms with Crippen LogP contribution in [0.3, 0.4) is 0 Å². The average Bonchev–Trinajstić information content (AvgIpc) is 2.56. The van der Waals surface area contributed by atoms with Gasteiger partial charge < -0.3 is 5.32 Å². The second-order valence-corrected chi connectivity index (χ2v) is 7.51. The number of aryl methyl sites for hydroxylation is 1. The minimum Gasteiger partial charge on any atom is -0.322 e. The third-order valence-electron chi connectivity index (χ3n) is 3.40. The lowest BCUT2D eigenvalue weighted by Gasteiger charge is -2.08. The van der Waals surface area contributed by atoms with Crippen LogP contribution in [0.2, 0.25) is 5.02 Å². The van der Waals surface area contributed by atoms with Crippen LogP contribution in [0.4, 0.5) is 5.69 Å². The van der Waals surface area contributed by atoms with E-state index in [1.807, 2.05) is 19.9 Å². The van der Waals surface area contributed by atoms with Gasteiger partial charge in [0.15, 0.2) is 0 Å². The summed E-state index contributed by atoms with van der Waals surface area (Å²) in [4.78, 5) is 12.4. The molecule has 2 N–H and O–H groups in total. The summed E-state index contributed by atoms with van der Waals surface area (Å²) in [5.41, 5.74) is 1.86. The molecule has 2 aromatic rings. The second-order valence-electron chi connectivity index (χ2n) is 5.34. The van der Waals surface area contributed by atoms with E-state index in [4.69, 9.17) is 11.6 Å². The molecule has 0 atom stereocenters. The number of anilines is 1. The summed E-state index contributed by atoms with van der Waals surface area (Å²) in [5, 5.41) is 3.30. The maximum Gasteiger partial charge on any atom is 0.255 e. The Morgan fingerprint density at radius 1 is 1.12 bits per heavy atom. The van der Waals surface area contributed by atoms with Gasteiger partial charge in [-0.3, -0.25) is 4.79 Å². The Morgan fingerprint density at radius 3 is 2.38 bits per heavy atom. The van der Waals surface area contributed by atoms with Gasteiger partial charge in [-0.1, -0.05) is 24.6 Å². The molecule has 0 saturated heterocycles. The monoisotopic (exact) mass is 366 g/mol. The Kier molecular flexibility index (Phi) is 5.99. The summed E-state index contributed by atoms with van der Waals surface area (Å²) in [5.74, 6) is -0.333. The maximum atomic E-state index is 12.2. The lowest BCUT2D eigenvalue weighted by Crippen LogP contribution is -2.24. The molecule has 24 heavy (non-hydrogen) atoms. The SMILES string of the molecule is CCCNS(=O)(=O)c1ccc(C(=O)Nc2ccc(C)c(Cl)c2)cc1. The number of carbonyl (C=O) groups excluding carboxylic acids is 1. The smallest absolute Gasteiger partial charge is 0.255 e. The van der Waals surface area contributed by atoms with Crippen LogP contribution in [0.25, 0.3) is 0 Å². The second kappa shape index (κ2) is 7.79. The number of nitrogens with one attached hydrogen (secondary N) is 2. The van der Waals surface area contributed by atoms with Gasteiger partial charge in [-0.15, -0.1) is 0 Å². The fourth-order valence-corrected chi connectivity index (χ4v) is 3.29. The zero-order valence-corrected chi connectivity index (χ0v) is 15.0. The van der Waals surface area contributed by atoms with Crippen LogP contribution < -0.4 is 10.0 Å². The van der Waals surface area contributed by atoms with Crippen LogP contribution >= 0.6 is 11.6 Å². The lowest BCUT2D eigenvalue weighted by molar-refractivity contribution is 0.102. The molecule has 0 bridgehead atoms. The number of benzene rings is 2. The molecule has 0 heterocycles. The predicted octanol–water partition coefficient (Wildman–Crippen LogP) is 3.59. The first-order valence-electron chi connectivity index (χ1n) is 7.50. The molecule has 0 aromatic heterocycles. The van der Waals surface area contributed by atoms with Crippen molar-refractivity contribution in [1.82, 2.24) is 4.72 Å². The van der Waals surface area contributed by atoms with Crippen molar-refractivity contribution < 1.29 is 13.2 Å². The van der Waals surface area contributed by atoms with Crippen LogP contribution in [0.15, 0.2) is 47.4 Å². The summed E-state index contributed by atoms with van der Waals surface area (Å²) in [6.07, 6.45) is 0.707. The average molecular weight is 367 g/mol. The Balaban J connectivity index is 2.12. The highest BCUT2D eigenvalue weighted by Crippen LogP contribution is 2.20. The van der Waals surface area contributed by atoms with Crippen molar-refractivity contribution in [2.45, 2.75) is 25.2 Å². The van der Waals surface area contributed by atoms with Crippen LogP contribution in [0.5, 0.6) is 0 Å². The molecule has 5 nitrogen and oxygen atoms in total. The van der Waals surface area contributed by atoms with E-state index in [0.29, 0.717) is 29.2 Å². The fraction of sp³-hybridized carbons (Fsp3) is 0.235. The number of rotatable bonds is 6. The van der Waals surface area contributed by atoms with E-state index in [1.54, 1.807) is 12.1 Å². The highest BCUT2D eigenvalue weighted by atomic mass is 35.5. The van der Waals surface area contributed by atoms with Gasteiger partial charge in [-0.25, -0.2) is 13.1 Å². The van der Waals surface area contributed by atoms with Crippen LogP contribution in [0, 0.1) is 6.92 Å². The molecule has 0 aliphatic rings. The van der Waals surface area contributed by atoms with Crippen molar-refractivity contribution in [3.63, 3.8) is 0 Å². The Labute approximate surface area is 147 Å². The highest BCUT2D eigenvalue weighted by molar-refractivity contribution is 7.89. The van der Waals surface area contributed by atoms with E-state index >= 15 is 0 Å². The van der Waals surface area contributed by atoms with Crippen molar-refractivity contribution in [3.05, 3.63) is 58.6 Å². The first-order valence-corrected chi connectivity index (χ1v) is 9.37. The third kappa shape index (κ3) is 4.56. The van der Waals surface area contributed by atoms with Gasteiger partial charge in [-0.2, -0.15) is 0 Å². The van der Waals surface area contributed by atoms with Crippen LogP contribution in [0.1, 0.15) is 29.3 Å². The van der Waals surface area contributed by atoms with Gasteiger partial charge in [0.2, 0.25) is 10.0 Å². The van der Waals surface area contributed by atoms with E-state index < -0.39 is 10.0 Å². The first-order chi connectivity index (χ1) is 11.3. The van der Waals surface area contributed by atoms with E-state index in [2.05, 4.69) is 10.0 Å². The van der Waals surface area contributed by atoms with E-state index in [9.17, 15) is 13.2 Å². The maximum absolute atomic E-state index is 12.2. The summed E-state index contributed by atoms with van der Waals surface area (Å²) < 4.78 is 26.5. The van der Waals surface area contributed by atoms with Gasteiger partial charge in [0.1, 0.15) is 0 Å². The summed E-state index contributed by atoms with van der Waals surface area (Å²) in [6.45, 7) is 4.13. The predicted molar refractivity (Wildman–Crippen MR) is 96.1 cm³/mol. The van der Waals surface area contributed by atoms with E-state index in [0.717, 1.165) is 5.56 Å². The molecule has 0 saturated carbocycles. The van der Waals surface area contributed by atoms with Gasteiger partial charge in [0.25, 0.3) is 5.91 Å². The quantitative estimate of drug-likeness (QED) is 0.820. The van der Waals surface area contributed by atoms with E-state index in [1.165, 1.54) is 24.3 Å². The molecule has 2 aromatic carbocycles. The zero-order valence-electron chi connectivity index (χ0n) is 13.5. The number of sulfonamides is 1. The van der Waals surface area contributed by atoms with Crippen molar-refractivity contribution in [3.8, 4) is 0 Å². The Bertz CT molecular complexity index is 833. The van der Waals surface area contributed by atoms with Crippen molar-refractivity contribution >= 4 is 33.2 Å². The van der Waals surface area contributed by atoms with E-state index in [-0.39, 0.29) is 10.8 Å². The van der Waals surface area contributed by atoms with Crippen molar-refractivity contribution in [2.75, 3.05) is 11.9 Å². The van der Waals surface area contributed by atoms with Gasteiger partial charge in [0, 0.05) is 22.8 Å². The molecule has 0 unspecified atom stereocenters. The minimum atomic E-state index is -3.53. The molecule has 7 heteroatoms. The minimum absolute atomic E-state index is 0.130. The number of amides is 1. The lowest BCUT2D eigenvalue weighted by atomic mass is 10.2. The number of carbonyl (C=O) groups is 1. The highest BCUT2D eigenvalue weighted by Gasteiger charge is 2.14. The molecular weight excluding hydrogens is 348 g/mol. The van der Waals surface area contributed by atoms with Gasteiger partial charge >= 0.3 is 0 Å². The summed E-state index contributed by atoms with van der Waals surface area (Å²) >= 11 is 6.03. The van der Waals surface area contributed by atoms with Gasteiger partial charge in [0.05, 0.1) is 4.90 Å². The number of halogens is 1. The summed E-state index contributed by atoms with van der Waals surface area (Å²) in [6, 6.07) is 11.0. The molecule has 0 aliphatic carbocycles. The molecular formula is C17H19ClN2O3S. The Hall–Kier alpha value is -1.89. The standard InChI is InChI=1S/C17H19ClN2O3S/c1-3-10-19-24(22,23)15-8-5-13(6-9-15)17(21)20-14-7-4-12(2)16(18)11-14/h4-9,11,19H,3,10H2,1-2H3,(H,20,21). The third-order valence-corrected chi connectivity index (χ3v) is 5.28. The first kappa shape index (κ1) is 18.4. The number of hydrogen-bond donors (Lipinski definition) is 2. The fourth-order valence-electron chi connectivity index (χ4n) is 1.98. The molecule has 1 amide bonds. The molecule has 128 valence electrons. The van der Waals surface area contributed by atoms with Gasteiger partial charge in [-0.05, 0) is 55.3 Å². The number of hydrogen-bond acceptors (Lipinski definition) is 3. The topological polar surface area (TPSA) is 75.3 Å². The van der Waals surface area contributed by atoms with Crippen molar-refractivity contribution in [1.29, 1.82) is 0 Å². The van der Waals surface area contributed by atoms with Crippen LogP contribution in [-0.4, -0.2) is 20.9 Å². The van der Waals surface area contributed by atoms with Crippen LogP contribution in [-0.2, 0) is 10.0 Å². The molecule has 0 aliphatic heterocycles. The molecule has 0 spiro atoms. The zero-order chi connectivity index (χ0) is 17.7. The molecule has 0 fully saturated rings. The molecule has 0 radical (unpaired) electrons. The summed E-state index contributed by atoms with van der Waals surface area (Å²) in [7, 11) is -3.53. The normalized spacial score (nSPS) is 11.3.